The minimum atomic E-state index is 0.377. The quantitative estimate of drug-likeness (QED) is 0.867. The molecule has 5 heteroatoms. The van der Waals surface area contributed by atoms with Gasteiger partial charge in [0.05, 0.1) is 11.8 Å². The van der Waals surface area contributed by atoms with E-state index in [0.717, 1.165) is 38.5 Å². The van der Waals surface area contributed by atoms with E-state index in [-0.39, 0.29) is 0 Å². The molecule has 1 saturated carbocycles. The second-order valence-corrected chi connectivity index (χ2v) is 6.53. The maximum atomic E-state index is 5.44. The molecule has 1 N–H and O–H groups in total. The first kappa shape index (κ1) is 13.3. The third-order valence-electron chi connectivity index (χ3n) is 3.98. The summed E-state index contributed by atoms with van der Waals surface area (Å²) in [7, 11) is 1.80. The summed E-state index contributed by atoms with van der Waals surface area (Å²) in [4.78, 5) is 8.62. The Morgan fingerprint density at radius 1 is 1.42 bits per heavy atom. The molecule has 2 fully saturated rings. The number of anilines is 1. The molecule has 0 aromatic carbocycles. The molecular formula is C14H23N3OS. The highest BCUT2D eigenvalue weighted by Crippen LogP contribution is 2.30. The lowest BCUT2D eigenvalue weighted by Crippen LogP contribution is -2.21. The zero-order chi connectivity index (χ0) is 13.2. The van der Waals surface area contributed by atoms with Gasteiger partial charge in [0.2, 0.25) is 0 Å². The number of methoxy groups -OCH3 is 1. The van der Waals surface area contributed by atoms with Crippen molar-refractivity contribution in [1.82, 2.24) is 10.3 Å². The first-order chi connectivity index (χ1) is 9.30. The van der Waals surface area contributed by atoms with Gasteiger partial charge in [0.1, 0.15) is 0 Å². The van der Waals surface area contributed by atoms with Crippen molar-refractivity contribution in [3.05, 3.63) is 10.6 Å². The molecule has 106 valence electrons. The fraction of sp³-hybridized carbons (Fsp3) is 0.786. The molecule has 3 rings (SSSR count). The van der Waals surface area contributed by atoms with Crippen molar-refractivity contribution < 1.29 is 4.74 Å². The third kappa shape index (κ3) is 3.09. The number of aromatic nitrogens is 1. The summed E-state index contributed by atoms with van der Waals surface area (Å²) < 4.78 is 5.44. The molecule has 1 aliphatic carbocycles. The zero-order valence-electron chi connectivity index (χ0n) is 11.8. The summed E-state index contributed by atoms with van der Waals surface area (Å²) in [5, 5.41) is 4.78. The molecule has 1 aromatic heterocycles. The van der Waals surface area contributed by atoms with Crippen LogP contribution >= 0.6 is 11.3 Å². The fourth-order valence-electron chi connectivity index (χ4n) is 2.54. The molecule has 1 aliphatic heterocycles. The normalized spacial score (nSPS) is 23.3. The van der Waals surface area contributed by atoms with Gasteiger partial charge in [-0.2, -0.15) is 0 Å². The van der Waals surface area contributed by atoms with Crippen LogP contribution in [0, 0.1) is 0 Å². The molecule has 0 radical (unpaired) electrons. The van der Waals surface area contributed by atoms with Crippen molar-refractivity contribution in [1.29, 1.82) is 0 Å². The van der Waals surface area contributed by atoms with Crippen molar-refractivity contribution in [3.63, 3.8) is 0 Å². The van der Waals surface area contributed by atoms with Crippen LogP contribution < -0.4 is 10.2 Å². The number of nitrogens with one attached hydrogen (secondary N) is 1. The Labute approximate surface area is 119 Å². The van der Waals surface area contributed by atoms with E-state index >= 15 is 0 Å². The zero-order valence-corrected chi connectivity index (χ0v) is 12.6. The molecule has 2 aliphatic rings. The van der Waals surface area contributed by atoms with E-state index in [1.807, 2.05) is 11.3 Å². The van der Waals surface area contributed by atoms with E-state index in [0.29, 0.717) is 6.10 Å². The number of hydrogen-bond acceptors (Lipinski definition) is 5. The second kappa shape index (κ2) is 5.77. The Morgan fingerprint density at radius 3 is 2.89 bits per heavy atom. The average molecular weight is 281 g/mol. The maximum Gasteiger partial charge on any atom is 0.185 e. The van der Waals surface area contributed by atoms with E-state index in [9.17, 15) is 0 Å². The van der Waals surface area contributed by atoms with E-state index in [2.05, 4.69) is 17.1 Å². The molecule has 19 heavy (non-hydrogen) atoms. The van der Waals surface area contributed by atoms with Crippen LogP contribution in [0.3, 0.4) is 0 Å². The van der Waals surface area contributed by atoms with Gasteiger partial charge in [-0.05, 0) is 25.7 Å². The highest BCUT2D eigenvalue weighted by molar-refractivity contribution is 7.15. The maximum absolute atomic E-state index is 5.44. The molecule has 1 aromatic rings. The summed E-state index contributed by atoms with van der Waals surface area (Å²) in [6.07, 6.45) is 5.21. The predicted octanol–water partition coefficient (Wildman–Crippen LogP) is 2.18. The second-order valence-electron chi connectivity index (χ2n) is 5.47. The van der Waals surface area contributed by atoms with Crippen molar-refractivity contribution >= 4 is 16.5 Å². The minimum absolute atomic E-state index is 0.377. The smallest absolute Gasteiger partial charge is 0.185 e. The van der Waals surface area contributed by atoms with Crippen LogP contribution in [0.1, 0.15) is 36.8 Å². The van der Waals surface area contributed by atoms with Gasteiger partial charge in [0, 0.05) is 37.7 Å². The van der Waals surface area contributed by atoms with Crippen LogP contribution in [0.2, 0.25) is 0 Å². The number of rotatable bonds is 6. The first-order valence-corrected chi connectivity index (χ1v) is 8.11. The number of nitrogens with zero attached hydrogens (tertiary/aromatic N) is 2. The topological polar surface area (TPSA) is 37.4 Å². The summed E-state index contributed by atoms with van der Waals surface area (Å²) in [6, 6.07) is 0.764. The van der Waals surface area contributed by atoms with Crippen molar-refractivity contribution in [2.24, 2.45) is 0 Å². The van der Waals surface area contributed by atoms with Gasteiger partial charge in [-0.15, -0.1) is 11.3 Å². The highest BCUT2D eigenvalue weighted by Gasteiger charge is 2.26. The van der Waals surface area contributed by atoms with Gasteiger partial charge in [-0.1, -0.05) is 6.92 Å². The standard InChI is InChI=1S/C14H23N3OS/c1-3-12-13(8-15-10-4-5-10)19-14(16-12)17-7-6-11(9-17)18-2/h10-11,15H,3-9H2,1-2H3. The summed E-state index contributed by atoms with van der Waals surface area (Å²) >= 11 is 1.86. The molecule has 2 heterocycles. The molecule has 4 nitrogen and oxygen atoms in total. The number of ether oxygens (including phenoxy) is 1. The van der Waals surface area contributed by atoms with Crippen molar-refractivity contribution in [2.45, 2.75) is 51.3 Å². The van der Waals surface area contributed by atoms with E-state index in [4.69, 9.17) is 9.72 Å². The van der Waals surface area contributed by atoms with Crippen LogP contribution in [-0.2, 0) is 17.7 Å². The Bertz CT molecular complexity index is 430. The molecule has 0 amide bonds. The van der Waals surface area contributed by atoms with Crippen LogP contribution in [-0.4, -0.2) is 37.3 Å². The van der Waals surface area contributed by atoms with Crippen LogP contribution in [0.5, 0.6) is 0 Å². The monoisotopic (exact) mass is 281 g/mol. The molecule has 1 unspecified atom stereocenters. The Balaban J connectivity index is 1.67. The largest absolute Gasteiger partial charge is 0.380 e. The molecule has 0 spiro atoms. The van der Waals surface area contributed by atoms with Crippen LogP contribution in [0.25, 0.3) is 0 Å². The van der Waals surface area contributed by atoms with Gasteiger partial charge in [-0.3, -0.25) is 0 Å². The highest BCUT2D eigenvalue weighted by atomic mass is 32.1. The number of thiazole rings is 1. The molecule has 1 saturated heterocycles. The van der Waals surface area contributed by atoms with Crippen LogP contribution in [0.15, 0.2) is 0 Å². The summed E-state index contributed by atoms with van der Waals surface area (Å²) in [6.45, 7) is 5.25. The summed E-state index contributed by atoms with van der Waals surface area (Å²) in [5.41, 5.74) is 1.27. The molecule has 0 bridgehead atoms. The van der Waals surface area contributed by atoms with Gasteiger partial charge in [-0.25, -0.2) is 4.98 Å². The number of aryl methyl sites for hydroxylation is 1. The summed E-state index contributed by atoms with van der Waals surface area (Å²) in [5.74, 6) is 0. The average Bonchev–Trinajstić information content (AvgIpc) is 2.99. The lowest BCUT2D eigenvalue weighted by molar-refractivity contribution is 0.121. The predicted molar refractivity (Wildman–Crippen MR) is 79.0 cm³/mol. The Hall–Kier alpha value is -0.650. The van der Waals surface area contributed by atoms with Crippen molar-refractivity contribution in [2.75, 3.05) is 25.1 Å². The number of hydrogen-bond donors (Lipinski definition) is 1. The fourth-order valence-corrected chi connectivity index (χ4v) is 3.67. The Morgan fingerprint density at radius 2 is 2.26 bits per heavy atom. The van der Waals surface area contributed by atoms with Crippen LogP contribution in [0.4, 0.5) is 5.13 Å². The third-order valence-corrected chi connectivity index (χ3v) is 5.14. The Kier molecular flexibility index (Phi) is 4.05. The SMILES string of the molecule is CCc1nc(N2CCC(OC)C2)sc1CNC1CC1. The lowest BCUT2D eigenvalue weighted by Gasteiger charge is -2.13. The van der Waals surface area contributed by atoms with E-state index in [1.54, 1.807) is 7.11 Å². The van der Waals surface area contributed by atoms with Gasteiger partial charge >= 0.3 is 0 Å². The van der Waals surface area contributed by atoms with Gasteiger partial charge in [0.15, 0.2) is 5.13 Å². The van der Waals surface area contributed by atoms with E-state index < -0.39 is 0 Å². The van der Waals surface area contributed by atoms with Gasteiger partial charge in [0.25, 0.3) is 0 Å². The first-order valence-electron chi connectivity index (χ1n) is 7.29. The lowest BCUT2D eigenvalue weighted by atomic mass is 10.3. The van der Waals surface area contributed by atoms with Gasteiger partial charge < -0.3 is 15.0 Å². The minimum Gasteiger partial charge on any atom is -0.380 e. The van der Waals surface area contributed by atoms with E-state index in [1.165, 1.54) is 28.5 Å². The molecular weight excluding hydrogens is 258 g/mol. The molecule has 1 atom stereocenters. The van der Waals surface area contributed by atoms with Crippen molar-refractivity contribution in [3.8, 4) is 0 Å².